The second-order valence-electron chi connectivity index (χ2n) is 6.82. The van der Waals surface area contributed by atoms with E-state index in [0.717, 1.165) is 24.0 Å². The molecule has 21 heavy (non-hydrogen) atoms. The summed E-state index contributed by atoms with van der Waals surface area (Å²) in [5.41, 5.74) is 1.53. The van der Waals surface area contributed by atoms with Crippen LogP contribution in [0.5, 0.6) is 0 Å². The van der Waals surface area contributed by atoms with Gasteiger partial charge in [-0.1, -0.05) is 57.2 Å². The summed E-state index contributed by atoms with van der Waals surface area (Å²) in [5.74, 6) is 0.318. The maximum atomic E-state index is 12.5. The first-order valence-electron chi connectivity index (χ1n) is 7.71. The Labute approximate surface area is 127 Å². The molecule has 1 aliphatic rings. The van der Waals surface area contributed by atoms with Gasteiger partial charge in [-0.05, 0) is 24.0 Å². The number of Topliss-reactive ketones (excluding diaryl/α,β-unsaturated/α-hetero) is 2. The Hall–Kier alpha value is -1.70. The number of ketones is 2. The van der Waals surface area contributed by atoms with Crippen LogP contribution < -0.4 is 0 Å². The summed E-state index contributed by atoms with van der Waals surface area (Å²) >= 11 is 0. The van der Waals surface area contributed by atoms with Crippen molar-refractivity contribution in [2.75, 3.05) is 0 Å². The molecule has 0 spiro atoms. The largest absolute Gasteiger partial charge is 0.299 e. The van der Waals surface area contributed by atoms with E-state index in [1.807, 2.05) is 57.2 Å². The highest BCUT2D eigenvalue weighted by molar-refractivity contribution is 5.98. The van der Waals surface area contributed by atoms with Crippen molar-refractivity contribution in [2.24, 2.45) is 5.41 Å². The second-order valence-corrected chi connectivity index (χ2v) is 6.82. The van der Waals surface area contributed by atoms with Crippen LogP contribution in [0.4, 0.5) is 0 Å². The number of carbonyl (C=O) groups is 2. The summed E-state index contributed by atoms with van der Waals surface area (Å²) in [6, 6.07) is 9.94. The summed E-state index contributed by atoms with van der Waals surface area (Å²) in [6.45, 7) is 5.82. The van der Waals surface area contributed by atoms with Gasteiger partial charge in [0.2, 0.25) is 0 Å². The maximum absolute atomic E-state index is 12.5. The third kappa shape index (κ3) is 3.90. The van der Waals surface area contributed by atoms with Gasteiger partial charge in [-0.2, -0.15) is 0 Å². The first-order chi connectivity index (χ1) is 9.89. The smallest absolute Gasteiger partial charge is 0.159 e. The number of hydrogen-bond donors (Lipinski definition) is 0. The van der Waals surface area contributed by atoms with Crippen LogP contribution in [0.2, 0.25) is 0 Å². The van der Waals surface area contributed by atoms with Gasteiger partial charge in [0.25, 0.3) is 0 Å². The molecular weight excluding hydrogens is 260 g/mol. The van der Waals surface area contributed by atoms with Crippen LogP contribution in [-0.2, 0) is 9.59 Å². The minimum absolute atomic E-state index is 0.0919. The van der Waals surface area contributed by atoms with Crippen molar-refractivity contribution in [3.8, 4) is 0 Å². The third-order valence-electron chi connectivity index (χ3n) is 4.10. The normalized spacial score (nSPS) is 17.3. The van der Waals surface area contributed by atoms with Crippen molar-refractivity contribution in [1.29, 1.82) is 0 Å². The Morgan fingerprint density at radius 3 is 2.43 bits per heavy atom. The SMILES string of the molecule is CC(C)(C)C(=O)CC(C1=CCCCC1=O)c1ccccc1. The van der Waals surface area contributed by atoms with E-state index in [0.29, 0.717) is 12.8 Å². The van der Waals surface area contributed by atoms with Gasteiger partial charge in [0.05, 0.1) is 0 Å². The minimum Gasteiger partial charge on any atom is -0.299 e. The molecule has 2 rings (SSSR count). The van der Waals surface area contributed by atoms with Crippen LogP contribution in [0.15, 0.2) is 42.0 Å². The van der Waals surface area contributed by atoms with E-state index in [2.05, 4.69) is 0 Å². The van der Waals surface area contributed by atoms with E-state index in [1.165, 1.54) is 0 Å². The van der Waals surface area contributed by atoms with Gasteiger partial charge in [-0.25, -0.2) is 0 Å². The summed E-state index contributed by atoms with van der Waals surface area (Å²) < 4.78 is 0. The lowest BCUT2D eigenvalue weighted by molar-refractivity contribution is -0.126. The fourth-order valence-electron chi connectivity index (χ4n) is 2.70. The number of rotatable bonds is 4. The molecule has 0 saturated carbocycles. The predicted molar refractivity (Wildman–Crippen MR) is 85.2 cm³/mol. The molecule has 2 heteroatoms. The zero-order valence-electron chi connectivity index (χ0n) is 13.2. The molecule has 0 aromatic heterocycles. The highest BCUT2D eigenvalue weighted by Gasteiger charge is 2.30. The third-order valence-corrected chi connectivity index (χ3v) is 4.10. The van der Waals surface area contributed by atoms with Gasteiger partial charge in [-0.15, -0.1) is 0 Å². The Morgan fingerprint density at radius 2 is 1.86 bits per heavy atom. The fraction of sp³-hybridized carbons (Fsp3) is 0.474. The second kappa shape index (κ2) is 6.38. The summed E-state index contributed by atoms with van der Waals surface area (Å²) in [7, 11) is 0. The average Bonchev–Trinajstić information content (AvgIpc) is 2.45. The Kier molecular flexibility index (Phi) is 4.76. The Morgan fingerprint density at radius 1 is 1.19 bits per heavy atom. The molecule has 0 fully saturated rings. The van der Waals surface area contributed by atoms with Crippen LogP contribution in [0.25, 0.3) is 0 Å². The molecule has 0 bridgehead atoms. The van der Waals surface area contributed by atoms with Gasteiger partial charge in [-0.3, -0.25) is 9.59 Å². The number of hydrogen-bond acceptors (Lipinski definition) is 2. The molecular formula is C19H24O2. The van der Waals surface area contributed by atoms with E-state index in [-0.39, 0.29) is 22.9 Å². The highest BCUT2D eigenvalue weighted by Crippen LogP contribution is 2.34. The van der Waals surface area contributed by atoms with E-state index in [1.54, 1.807) is 0 Å². The van der Waals surface area contributed by atoms with Crippen LogP contribution >= 0.6 is 0 Å². The summed E-state index contributed by atoms with van der Waals surface area (Å²) in [5, 5.41) is 0. The first kappa shape index (κ1) is 15.7. The van der Waals surface area contributed by atoms with Gasteiger partial charge in [0, 0.05) is 24.2 Å². The lowest BCUT2D eigenvalue weighted by Crippen LogP contribution is -2.25. The van der Waals surface area contributed by atoms with Crippen LogP contribution in [0.1, 0.15) is 57.9 Å². The molecule has 1 aliphatic carbocycles. The quantitative estimate of drug-likeness (QED) is 0.818. The van der Waals surface area contributed by atoms with Gasteiger partial charge >= 0.3 is 0 Å². The minimum atomic E-state index is -0.370. The summed E-state index contributed by atoms with van der Waals surface area (Å²) in [6.07, 6.45) is 4.93. The number of allylic oxidation sites excluding steroid dienone is 2. The van der Waals surface area contributed by atoms with Crippen molar-refractivity contribution in [3.63, 3.8) is 0 Å². The summed E-state index contributed by atoms with van der Waals surface area (Å²) in [4.78, 5) is 24.7. The molecule has 1 unspecified atom stereocenters. The van der Waals surface area contributed by atoms with Crippen molar-refractivity contribution in [1.82, 2.24) is 0 Å². The molecule has 0 saturated heterocycles. The zero-order valence-corrected chi connectivity index (χ0v) is 13.2. The molecule has 0 N–H and O–H groups in total. The predicted octanol–water partition coefficient (Wildman–Crippen LogP) is 4.45. The van der Waals surface area contributed by atoms with E-state index in [9.17, 15) is 9.59 Å². The molecule has 0 amide bonds. The molecule has 0 radical (unpaired) electrons. The number of carbonyl (C=O) groups excluding carboxylic acids is 2. The monoisotopic (exact) mass is 284 g/mol. The molecule has 1 aromatic rings. The van der Waals surface area contributed by atoms with Crippen LogP contribution in [0, 0.1) is 5.41 Å². The van der Waals surface area contributed by atoms with Crippen molar-refractivity contribution < 1.29 is 9.59 Å². The molecule has 1 atom stereocenters. The topological polar surface area (TPSA) is 34.1 Å². The molecule has 112 valence electrons. The number of benzene rings is 1. The van der Waals surface area contributed by atoms with Crippen LogP contribution in [-0.4, -0.2) is 11.6 Å². The highest BCUT2D eigenvalue weighted by atomic mass is 16.1. The molecule has 1 aromatic carbocycles. The van der Waals surface area contributed by atoms with E-state index < -0.39 is 0 Å². The van der Waals surface area contributed by atoms with Gasteiger partial charge in [0.1, 0.15) is 5.78 Å². The standard InChI is InChI=1S/C19H24O2/c1-19(2,3)18(21)13-16(14-9-5-4-6-10-14)15-11-7-8-12-17(15)20/h4-6,9-11,16H,7-8,12-13H2,1-3H3. The van der Waals surface area contributed by atoms with Crippen LogP contribution in [0.3, 0.4) is 0 Å². The van der Waals surface area contributed by atoms with Crippen molar-refractivity contribution in [2.45, 2.75) is 52.4 Å². The molecule has 2 nitrogen and oxygen atoms in total. The van der Waals surface area contributed by atoms with E-state index in [4.69, 9.17) is 0 Å². The lowest BCUT2D eigenvalue weighted by Gasteiger charge is -2.25. The van der Waals surface area contributed by atoms with Crippen molar-refractivity contribution in [3.05, 3.63) is 47.5 Å². The maximum Gasteiger partial charge on any atom is 0.159 e. The van der Waals surface area contributed by atoms with Gasteiger partial charge < -0.3 is 0 Å². The fourth-order valence-corrected chi connectivity index (χ4v) is 2.70. The zero-order chi connectivity index (χ0) is 15.5. The van der Waals surface area contributed by atoms with E-state index >= 15 is 0 Å². The molecule has 0 heterocycles. The van der Waals surface area contributed by atoms with Gasteiger partial charge in [0.15, 0.2) is 5.78 Å². The molecule has 0 aliphatic heterocycles. The average molecular weight is 284 g/mol. The van der Waals surface area contributed by atoms with Crippen molar-refractivity contribution >= 4 is 11.6 Å². The first-order valence-corrected chi connectivity index (χ1v) is 7.71. The Bertz CT molecular complexity index is 547. The Balaban J connectivity index is 2.34. The lowest BCUT2D eigenvalue weighted by atomic mass is 9.77.